The van der Waals surface area contributed by atoms with Gasteiger partial charge in [-0.15, -0.1) is 0 Å². The van der Waals surface area contributed by atoms with Crippen LogP contribution in [0.25, 0.3) is 11.1 Å². The predicted octanol–water partition coefficient (Wildman–Crippen LogP) is 3.25. The number of nitrogens with zero attached hydrogens (tertiary/aromatic N) is 2. The van der Waals surface area contributed by atoms with Crippen molar-refractivity contribution in [1.82, 2.24) is 0 Å². The van der Waals surface area contributed by atoms with Crippen molar-refractivity contribution < 1.29 is 48.5 Å². The lowest BCUT2D eigenvalue weighted by Crippen LogP contribution is -2.29. The van der Waals surface area contributed by atoms with Gasteiger partial charge in [-0.1, -0.05) is 12.1 Å². The number of fused-ring (bicyclic) bond motifs is 2. The molecule has 2 aliphatic heterocycles. The van der Waals surface area contributed by atoms with Crippen LogP contribution in [0.4, 0.5) is 11.4 Å². The summed E-state index contributed by atoms with van der Waals surface area (Å²) in [5.41, 5.74) is 2.63. The van der Waals surface area contributed by atoms with Gasteiger partial charge in [-0.3, -0.25) is 19.2 Å². The van der Waals surface area contributed by atoms with Crippen molar-refractivity contribution in [3.63, 3.8) is 0 Å². The second kappa shape index (κ2) is 12.2. The topological polar surface area (TPSA) is 168 Å². The molecule has 6 rings (SSSR count). The summed E-state index contributed by atoms with van der Waals surface area (Å²) in [7, 11) is 0. The first-order chi connectivity index (χ1) is 22.2. The molecule has 0 radical (unpaired) electrons. The quantitative estimate of drug-likeness (QED) is 0.209. The molecule has 2 heterocycles. The fourth-order valence-electron chi connectivity index (χ4n) is 5.25. The van der Waals surface area contributed by atoms with Crippen molar-refractivity contribution in [1.29, 1.82) is 0 Å². The Labute approximate surface area is 261 Å². The summed E-state index contributed by atoms with van der Waals surface area (Å²) in [6.45, 7) is -0.951. The minimum absolute atomic E-state index is 0.149. The molecule has 0 atom stereocenters. The summed E-state index contributed by atoms with van der Waals surface area (Å²) >= 11 is 0. The number of carbonyl (C=O) groups is 6. The number of anilines is 2. The van der Waals surface area contributed by atoms with E-state index in [1.54, 1.807) is 24.3 Å². The molecular formula is C34H24N2O10. The Morgan fingerprint density at radius 2 is 0.848 bits per heavy atom. The van der Waals surface area contributed by atoms with Gasteiger partial charge in [0, 0.05) is 0 Å². The van der Waals surface area contributed by atoms with Gasteiger partial charge in [0.15, 0.2) is 0 Å². The van der Waals surface area contributed by atoms with Gasteiger partial charge in [-0.2, -0.15) is 0 Å². The Hall–Kier alpha value is -5.98. The number of carbonyl (C=O) groups excluding carboxylic acids is 6. The van der Waals surface area contributed by atoms with Crippen LogP contribution >= 0.6 is 0 Å². The van der Waals surface area contributed by atoms with E-state index in [9.17, 15) is 28.8 Å². The molecule has 4 aromatic carbocycles. The number of aliphatic hydroxyl groups excluding tert-OH is 2. The van der Waals surface area contributed by atoms with E-state index in [-0.39, 0.29) is 71.2 Å². The average molecular weight is 621 g/mol. The van der Waals surface area contributed by atoms with Crippen LogP contribution < -0.4 is 9.80 Å². The second-order valence-electron chi connectivity index (χ2n) is 10.2. The average Bonchev–Trinajstić information content (AvgIpc) is 3.49. The fourth-order valence-corrected chi connectivity index (χ4v) is 5.25. The Kier molecular flexibility index (Phi) is 7.97. The Bertz CT molecular complexity index is 1790. The molecule has 0 aliphatic carbocycles. The van der Waals surface area contributed by atoms with Gasteiger partial charge >= 0.3 is 11.9 Å². The molecule has 2 aliphatic rings. The van der Waals surface area contributed by atoms with Crippen molar-refractivity contribution in [2.45, 2.75) is 0 Å². The maximum Gasteiger partial charge on any atom is 0.338 e. The SMILES string of the molecule is O=C(OCCO)c1ccc(N2C(=O)c3ccc(-c4ccc5c(c4)C(=O)N(c4ccc(C(=O)OCCO)cc4)C5=O)cc3C2=O)cc1. The molecule has 4 amide bonds. The summed E-state index contributed by atoms with van der Waals surface area (Å²) in [6.07, 6.45) is 0. The molecule has 0 spiro atoms. The highest BCUT2D eigenvalue weighted by Gasteiger charge is 2.39. The smallest absolute Gasteiger partial charge is 0.338 e. The lowest BCUT2D eigenvalue weighted by atomic mass is 9.97. The van der Waals surface area contributed by atoms with E-state index in [2.05, 4.69) is 0 Å². The number of rotatable bonds is 9. The lowest BCUT2D eigenvalue weighted by Gasteiger charge is -2.14. The van der Waals surface area contributed by atoms with Gasteiger partial charge in [0.05, 0.1) is 58.0 Å². The van der Waals surface area contributed by atoms with Crippen LogP contribution in [0.15, 0.2) is 84.9 Å². The number of imide groups is 2. The van der Waals surface area contributed by atoms with Crippen molar-refractivity contribution in [3.05, 3.63) is 118 Å². The number of aliphatic hydroxyl groups is 2. The normalized spacial score (nSPS) is 13.6. The number of esters is 2. The van der Waals surface area contributed by atoms with Crippen LogP contribution in [0, 0.1) is 0 Å². The third-order valence-corrected chi connectivity index (χ3v) is 7.48. The highest BCUT2D eigenvalue weighted by Crippen LogP contribution is 2.35. The minimum atomic E-state index is -0.653. The van der Waals surface area contributed by atoms with Crippen molar-refractivity contribution in [2.75, 3.05) is 36.2 Å². The van der Waals surface area contributed by atoms with Crippen LogP contribution in [-0.2, 0) is 9.47 Å². The molecular weight excluding hydrogens is 596 g/mol. The molecule has 2 N–H and O–H groups in total. The van der Waals surface area contributed by atoms with Gasteiger partial charge in [0.25, 0.3) is 23.6 Å². The molecule has 12 nitrogen and oxygen atoms in total. The van der Waals surface area contributed by atoms with Crippen LogP contribution in [0.1, 0.15) is 62.1 Å². The molecule has 0 fully saturated rings. The first-order valence-corrected chi connectivity index (χ1v) is 14.1. The summed E-state index contributed by atoms with van der Waals surface area (Å²) in [4.78, 5) is 79.2. The van der Waals surface area contributed by atoms with Crippen LogP contribution in [-0.4, -0.2) is 72.2 Å². The second-order valence-corrected chi connectivity index (χ2v) is 10.2. The highest BCUT2D eigenvalue weighted by atomic mass is 16.5. The lowest BCUT2D eigenvalue weighted by molar-refractivity contribution is 0.0427. The van der Waals surface area contributed by atoms with Gasteiger partial charge in [-0.25, -0.2) is 19.4 Å². The van der Waals surface area contributed by atoms with E-state index in [1.165, 1.54) is 60.7 Å². The minimum Gasteiger partial charge on any atom is -0.460 e. The molecule has 0 aromatic heterocycles. The number of hydrogen-bond acceptors (Lipinski definition) is 10. The maximum absolute atomic E-state index is 13.4. The van der Waals surface area contributed by atoms with E-state index in [1.807, 2.05) is 0 Å². The fraction of sp³-hybridized carbons (Fsp3) is 0.118. The summed E-state index contributed by atoms with van der Waals surface area (Å²) in [6, 6.07) is 20.9. The predicted molar refractivity (Wildman–Crippen MR) is 162 cm³/mol. The third-order valence-electron chi connectivity index (χ3n) is 7.48. The molecule has 46 heavy (non-hydrogen) atoms. The molecule has 0 saturated heterocycles. The molecule has 0 unspecified atom stereocenters. The molecule has 230 valence electrons. The number of amides is 4. The zero-order chi connectivity index (χ0) is 32.5. The van der Waals surface area contributed by atoms with Crippen molar-refractivity contribution in [3.8, 4) is 11.1 Å². The summed E-state index contributed by atoms with van der Waals surface area (Å²) in [5.74, 6) is -3.53. The van der Waals surface area contributed by atoms with E-state index < -0.39 is 35.6 Å². The molecule has 12 heteroatoms. The molecule has 0 saturated carbocycles. The van der Waals surface area contributed by atoms with Crippen LogP contribution in [0.2, 0.25) is 0 Å². The number of benzene rings is 4. The van der Waals surface area contributed by atoms with E-state index in [0.29, 0.717) is 11.1 Å². The van der Waals surface area contributed by atoms with E-state index in [4.69, 9.17) is 19.7 Å². The van der Waals surface area contributed by atoms with Crippen LogP contribution in [0.5, 0.6) is 0 Å². The Morgan fingerprint density at radius 3 is 1.20 bits per heavy atom. The van der Waals surface area contributed by atoms with Gasteiger partial charge in [-0.05, 0) is 83.9 Å². The first kappa shape index (κ1) is 30.1. The van der Waals surface area contributed by atoms with Gasteiger partial charge in [0.1, 0.15) is 13.2 Å². The Morgan fingerprint density at radius 1 is 0.500 bits per heavy atom. The third kappa shape index (κ3) is 5.21. The van der Waals surface area contributed by atoms with Gasteiger partial charge < -0.3 is 19.7 Å². The molecule has 4 aromatic rings. The largest absolute Gasteiger partial charge is 0.460 e. The van der Waals surface area contributed by atoms with Crippen LogP contribution in [0.3, 0.4) is 0 Å². The van der Waals surface area contributed by atoms with E-state index >= 15 is 0 Å². The number of hydrogen-bond donors (Lipinski definition) is 2. The van der Waals surface area contributed by atoms with Gasteiger partial charge in [0.2, 0.25) is 0 Å². The first-order valence-electron chi connectivity index (χ1n) is 14.1. The zero-order valence-corrected chi connectivity index (χ0v) is 24.0. The van der Waals surface area contributed by atoms with Crippen molar-refractivity contribution in [2.24, 2.45) is 0 Å². The molecule has 0 bridgehead atoms. The van der Waals surface area contributed by atoms with Crippen molar-refractivity contribution >= 4 is 46.9 Å². The number of ether oxygens (including phenoxy) is 2. The summed E-state index contributed by atoms with van der Waals surface area (Å²) in [5, 5.41) is 17.7. The summed E-state index contributed by atoms with van der Waals surface area (Å²) < 4.78 is 9.76. The monoisotopic (exact) mass is 620 g/mol. The highest BCUT2D eigenvalue weighted by molar-refractivity contribution is 6.35. The Balaban J connectivity index is 1.23. The standard InChI is InChI=1S/C34H24N2O10/c37-13-15-45-33(43)19-1-7-23(8-2-19)35-29(39)25-11-5-21(17-27(25)31(35)41)22-6-12-26-28(18-22)32(42)36(30(26)40)24-9-3-20(4-10-24)34(44)46-16-14-38/h1-12,17-18,37-38H,13-16H2. The maximum atomic E-state index is 13.4. The zero-order valence-electron chi connectivity index (χ0n) is 24.0. The van der Waals surface area contributed by atoms with E-state index in [0.717, 1.165) is 9.80 Å².